The molecule has 0 aliphatic heterocycles. The number of fused-ring (bicyclic) bond motifs is 17. The Morgan fingerprint density at radius 2 is 1.09 bits per heavy atom. The van der Waals surface area contributed by atoms with Crippen LogP contribution in [-0.2, 0) is 5.41 Å². The highest BCUT2D eigenvalue weighted by Gasteiger charge is 2.40. The lowest BCUT2D eigenvalue weighted by Gasteiger charge is -2.21. The molecule has 0 bridgehead atoms. The molecular weight excluding hydrogens is 695 g/mol. The summed E-state index contributed by atoms with van der Waals surface area (Å²) in [5.74, 6) is 0.650. The average Bonchev–Trinajstić information content (AvgIpc) is 3.88. The lowest BCUT2D eigenvalue weighted by atomic mass is 9.85. The van der Waals surface area contributed by atoms with E-state index in [-0.39, 0.29) is 5.41 Å². The molecule has 3 heterocycles. The first kappa shape index (κ1) is 31.0. The number of benzene rings is 9. The topological polar surface area (TPSA) is 43.9 Å². The van der Waals surface area contributed by atoms with Crippen molar-refractivity contribution < 1.29 is 4.42 Å². The van der Waals surface area contributed by atoms with Crippen LogP contribution < -0.4 is 0 Å². The number of nitrogens with zero attached hydrogens (tertiary/aromatic N) is 3. The standard InChI is InChI=1S/C53H33N3O/c1-53(2)42-24-11-9-21-39(42)48-49(40-23-13-22-38-35-19-10-12-25-45(35)57-50(38)40)54-52(55-51(48)53)56-43-27-26-37-34-18-6-5-16-32(34)33-17-7-8-20-36(33)46(37)47(43)41-28-30-14-3-4-15-31(30)29-44(41)56/h3-29H,1-2H3. The van der Waals surface area contributed by atoms with Crippen LogP contribution in [0.2, 0.25) is 0 Å². The minimum absolute atomic E-state index is 0.368. The SMILES string of the molecule is CC1(C)c2ccccc2-c2c(-c3cccc4c3oc3ccccc34)nc(-n3c4cc5ccccc5cc4c4c5c6ccccc6c6ccccc6c5ccc43)nc21. The predicted molar refractivity (Wildman–Crippen MR) is 237 cm³/mol. The van der Waals surface area contributed by atoms with Gasteiger partial charge in [0.15, 0.2) is 0 Å². The first-order valence-electron chi connectivity index (χ1n) is 19.7. The van der Waals surface area contributed by atoms with E-state index >= 15 is 0 Å². The van der Waals surface area contributed by atoms with Gasteiger partial charge in [0.05, 0.1) is 22.4 Å². The van der Waals surface area contributed by atoms with Crippen molar-refractivity contribution in [3.63, 3.8) is 0 Å². The molecule has 0 radical (unpaired) electrons. The molecule has 13 rings (SSSR count). The first-order valence-corrected chi connectivity index (χ1v) is 19.7. The van der Waals surface area contributed by atoms with E-state index in [0.29, 0.717) is 5.95 Å². The van der Waals surface area contributed by atoms with Gasteiger partial charge in [-0.1, -0.05) is 147 Å². The summed E-state index contributed by atoms with van der Waals surface area (Å²) in [6, 6.07) is 59.1. The Morgan fingerprint density at radius 3 is 1.89 bits per heavy atom. The molecule has 0 spiro atoms. The van der Waals surface area contributed by atoms with Crippen LogP contribution in [0.3, 0.4) is 0 Å². The van der Waals surface area contributed by atoms with E-state index in [0.717, 1.165) is 55.5 Å². The van der Waals surface area contributed by atoms with Crippen LogP contribution in [0.5, 0.6) is 0 Å². The van der Waals surface area contributed by atoms with Gasteiger partial charge in [-0.2, -0.15) is 0 Å². The van der Waals surface area contributed by atoms with Crippen LogP contribution in [0.25, 0.3) is 115 Å². The summed E-state index contributed by atoms with van der Waals surface area (Å²) in [6.45, 7) is 4.59. The van der Waals surface area contributed by atoms with Crippen LogP contribution in [0, 0.1) is 0 Å². The van der Waals surface area contributed by atoms with Crippen molar-refractivity contribution in [3.05, 3.63) is 175 Å². The minimum atomic E-state index is -0.368. The van der Waals surface area contributed by atoms with Gasteiger partial charge in [-0.3, -0.25) is 4.57 Å². The van der Waals surface area contributed by atoms with E-state index in [9.17, 15) is 0 Å². The van der Waals surface area contributed by atoms with Crippen LogP contribution in [0.1, 0.15) is 25.1 Å². The molecule has 12 aromatic rings. The molecule has 1 aliphatic rings. The third-order valence-corrected chi connectivity index (χ3v) is 12.7. The Labute approximate surface area is 327 Å². The van der Waals surface area contributed by atoms with E-state index in [1.165, 1.54) is 65.0 Å². The van der Waals surface area contributed by atoms with Crippen LogP contribution in [-0.4, -0.2) is 14.5 Å². The summed E-state index contributed by atoms with van der Waals surface area (Å²) in [5.41, 5.74) is 9.85. The number of furan rings is 1. The minimum Gasteiger partial charge on any atom is -0.455 e. The summed E-state index contributed by atoms with van der Waals surface area (Å²) >= 11 is 0. The number of rotatable bonds is 2. The van der Waals surface area contributed by atoms with Crippen molar-refractivity contribution in [1.82, 2.24) is 14.5 Å². The fourth-order valence-electron chi connectivity index (χ4n) is 10.2. The second-order valence-corrected chi connectivity index (χ2v) is 16.1. The Balaban J connectivity index is 1.22. The molecule has 9 aromatic carbocycles. The lowest BCUT2D eigenvalue weighted by Crippen LogP contribution is -2.18. The van der Waals surface area contributed by atoms with Gasteiger partial charge in [0.1, 0.15) is 11.2 Å². The predicted octanol–water partition coefficient (Wildman–Crippen LogP) is 14.1. The normalized spacial score (nSPS) is 13.6. The second-order valence-electron chi connectivity index (χ2n) is 16.1. The molecule has 0 N–H and O–H groups in total. The molecule has 3 aromatic heterocycles. The van der Waals surface area contributed by atoms with E-state index < -0.39 is 0 Å². The van der Waals surface area contributed by atoms with Gasteiger partial charge in [0.25, 0.3) is 0 Å². The molecule has 1 aliphatic carbocycles. The summed E-state index contributed by atoms with van der Waals surface area (Å²) in [6.07, 6.45) is 0. The number of hydrogen-bond acceptors (Lipinski definition) is 3. The Kier molecular flexibility index (Phi) is 5.94. The molecule has 0 saturated carbocycles. The van der Waals surface area contributed by atoms with E-state index in [4.69, 9.17) is 14.4 Å². The van der Waals surface area contributed by atoms with Gasteiger partial charge < -0.3 is 4.42 Å². The Hall–Kier alpha value is -7.30. The third-order valence-electron chi connectivity index (χ3n) is 12.7. The van der Waals surface area contributed by atoms with Crippen molar-refractivity contribution in [1.29, 1.82) is 0 Å². The maximum Gasteiger partial charge on any atom is 0.235 e. The maximum atomic E-state index is 6.71. The molecule has 57 heavy (non-hydrogen) atoms. The second kappa shape index (κ2) is 10.9. The van der Waals surface area contributed by atoms with Crippen molar-refractivity contribution in [2.75, 3.05) is 0 Å². The summed E-state index contributed by atoms with van der Waals surface area (Å²) in [4.78, 5) is 11.4. The maximum absolute atomic E-state index is 6.71. The number of hydrogen-bond donors (Lipinski definition) is 0. The van der Waals surface area contributed by atoms with Gasteiger partial charge in [-0.05, 0) is 79.2 Å². The number of aromatic nitrogens is 3. The van der Waals surface area contributed by atoms with Gasteiger partial charge in [-0.15, -0.1) is 0 Å². The van der Waals surface area contributed by atoms with Gasteiger partial charge in [-0.25, -0.2) is 9.97 Å². The van der Waals surface area contributed by atoms with Gasteiger partial charge >= 0.3 is 0 Å². The molecule has 0 unspecified atom stereocenters. The van der Waals surface area contributed by atoms with Crippen LogP contribution >= 0.6 is 0 Å². The molecular formula is C53H33N3O. The summed E-state index contributed by atoms with van der Waals surface area (Å²) in [5, 5.41) is 14.5. The zero-order valence-corrected chi connectivity index (χ0v) is 31.3. The van der Waals surface area contributed by atoms with Crippen molar-refractivity contribution in [2.45, 2.75) is 19.3 Å². The van der Waals surface area contributed by atoms with E-state index in [2.05, 4.69) is 170 Å². The largest absolute Gasteiger partial charge is 0.455 e. The van der Waals surface area contributed by atoms with Crippen LogP contribution in [0.4, 0.5) is 0 Å². The van der Waals surface area contributed by atoms with Crippen molar-refractivity contribution in [3.8, 4) is 28.3 Å². The fraction of sp³-hybridized carbons (Fsp3) is 0.0566. The third kappa shape index (κ3) is 4.01. The zero-order chi connectivity index (χ0) is 37.6. The molecule has 0 amide bonds. The molecule has 266 valence electrons. The molecule has 4 heteroatoms. The van der Waals surface area contributed by atoms with Gasteiger partial charge in [0, 0.05) is 43.5 Å². The summed E-state index contributed by atoms with van der Waals surface area (Å²) in [7, 11) is 0. The number of para-hydroxylation sites is 2. The molecule has 0 fully saturated rings. The van der Waals surface area contributed by atoms with E-state index in [1.54, 1.807) is 0 Å². The molecule has 0 saturated heterocycles. The first-order chi connectivity index (χ1) is 28.0. The zero-order valence-electron chi connectivity index (χ0n) is 31.3. The quantitative estimate of drug-likeness (QED) is 0.167. The highest BCUT2D eigenvalue weighted by Crippen LogP contribution is 2.53. The lowest BCUT2D eigenvalue weighted by molar-refractivity contribution is 0.632. The van der Waals surface area contributed by atoms with E-state index in [1.807, 2.05) is 12.1 Å². The van der Waals surface area contributed by atoms with Crippen molar-refractivity contribution >= 4 is 86.8 Å². The molecule has 0 atom stereocenters. The highest BCUT2D eigenvalue weighted by molar-refractivity contribution is 6.35. The highest BCUT2D eigenvalue weighted by atomic mass is 16.3. The average molecular weight is 728 g/mol. The van der Waals surface area contributed by atoms with Gasteiger partial charge in [0.2, 0.25) is 5.95 Å². The van der Waals surface area contributed by atoms with Crippen molar-refractivity contribution in [2.24, 2.45) is 0 Å². The van der Waals surface area contributed by atoms with Crippen LogP contribution in [0.15, 0.2) is 168 Å². The monoisotopic (exact) mass is 727 g/mol. The smallest absolute Gasteiger partial charge is 0.235 e. The molecule has 4 nitrogen and oxygen atoms in total. The summed E-state index contributed by atoms with van der Waals surface area (Å²) < 4.78 is 9.04. The fourth-order valence-corrected chi connectivity index (χ4v) is 10.2. The Morgan fingerprint density at radius 1 is 0.474 bits per heavy atom. The Bertz CT molecular complexity index is 3700.